The van der Waals surface area contributed by atoms with E-state index in [-0.39, 0.29) is 0 Å². The summed E-state index contributed by atoms with van der Waals surface area (Å²) in [6.45, 7) is 9.29. The molecular formula is C18H29N. The van der Waals surface area contributed by atoms with E-state index in [9.17, 15) is 0 Å². The van der Waals surface area contributed by atoms with Gasteiger partial charge >= 0.3 is 0 Å². The fraction of sp³-hybridized carbons (Fsp3) is 0.667. The topological polar surface area (TPSA) is 12.0 Å². The summed E-state index contributed by atoms with van der Waals surface area (Å²) in [5, 5.41) is 3.91. The Kier molecular flexibility index (Phi) is 5.04. The first kappa shape index (κ1) is 14.6. The quantitative estimate of drug-likeness (QED) is 0.814. The Morgan fingerprint density at radius 3 is 2.42 bits per heavy atom. The highest BCUT2D eigenvalue weighted by Crippen LogP contribution is 2.32. The molecule has 1 N–H and O–H groups in total. The van der Waals surface area contributed by atoms with Crippen LogP contribution in [0.2, 0.25) is 0 Å². The van der Waals surface area contributed by atoms with Gasteiger partial charge in [0.05, 0.1) is 0 Å². The molecule has 1 nitrogen and oxygen atoms in total. The minimum absolute atomic E-state index is 0.463. The lowest BCUT2D eigenvalue weighted by molar-refractivity contribution is 0.194. The van der Waals surface area contributed by atoms with Gasteiger partial charge in [-0.15, -0.1) is 0 Å². The monoisotopic (exact) mass is 259 g/mol. The van der Waals surface area contributed by atoms with Crippen LogP contribution in [0, 0.1) is 18.8 Å². The van der Waals surface area contributed by atoms with Crippen molar-refractivity contribution >= 4 is 0 Å². The van der Waals surface area contributed by atoms with Crippen LogP contribution in [0.4, 0.5) is 0 Å². The van der Waals surface area contributed by atoms with Crippen LogP contribution in [0.1, 0.15) is 63.6 Å². The Balaban J connectivity index is 2.05. The molecule has 1 aromatic carbocycles. The third kappa shape index (κ3) is 3.60. The summed E-state index contributed by atoms with van der Waals surface area (Å²) < 4.78 is 0. The molecule has 1 saturated carbocycles. The molecule has 19 heavy (non-hydrogen) atoms. The van der Waals surface area contributed by atoms with Gasteiger partial charge in [0.1, 0.15) is 0 Å². The number of rotatable bonds is 4. The zero-order valence-corrected chi connectivity index (χ0v) is 12.9. The van der Waals surface area contributed by atoms with Gasteiger partial charge < -0.3 is 5.32 Å². The predicted octanol–water partition coefficient (Wildman–Crippen LogP) is 4.86. The molecule has 0 saturated heterocycles. The van der Waals surface area contributed by atoms with E-state index in [1.807, 2.05) is 0 Å². The molecule has 1 heteroatoms. The van der Waals surface area contributed by atoms with Crippen molar-refractivity contribution in [2.45, 2.75) is 65.5 Å². The van der Waals surface area contributed by atoms with Crippen LogP contribution < -0.4 is 5.32 Å². The first-order valence-electron chi connectivity index (χ1n) is 7.91. The maximum absolute atomic E-state index is 3.91. The van der Waals surface area contributed by atoms with E-state index in [4.69, 9.17) is 0 Å². The Bertz CT molecular complexity index is 396. The Morgan fingerprint density at radius 1 is 1.05 bits per heavy atom. The predicted molar refractivity (Wildman–Crippen MR) is 83.3 cm³/mol. The largest absolute Gasteiger partial charge is 0.307 e. The Hall–Kier alpha value is -0.820. The summed E-state index contributed by atoms with van der Waals surface area (Å²) in [4.78, 5) is 0. The minimum Gasteiger partial charge on any atom is -0.307 e. The van der Waals surface area contributed by atoms with Gasteiger partial charge in [0.2, 0.25) is 0 Å². The van der Waals surface area contributed by atoms with Gasteiger partial charge in [-0.05, 0) is 49.7 Å². The van der Waals surface area contributed by atoms with Gasteiger partial charge in [-0.2, -0.15) is 0 Å². The van der Waals surface area contributed by atoms with E-state index in [0.717, 1.165) is 11.8 Å². The third-order valence-corrected chi connectivity index (χ3v) is 4.79. The normalized spacial score (nSPS) is 25.5. The van der Waals surface area contributed by atoms with Crippen LogP contribution in [0.5, 0.6) is 0 Å². The third-order valence-electron chi connectivity index (χ3n) is 4.79. The van der Waals surface area contributed by atoms with Crippen molar-refractivity contribution in [3.63, 3.8) is 0 Å². The first-order chi connectivity index (χ1) is 9.09. The van der Waals surface area contributed by atoms with Crippen molar-refractivity contribution in [3.8, 4) is 0 Å². The Morgan fingerprint density at radius 2 is 1.74 bits per heavy atom. The number of hydrogen-bond donors (Lipinski definition) is 1. The lowest BCUT2D eigenvalue weighted by Crippen LogP contribution is -2.42. The van der Waals surface area contributed by atoms with Crippen molar-refractivity contribution in [2.24, 2.45) is 11.8 Å². The van der Waals surface area contributed by atoms with Crippen molar-refractivity contribution in [1.29, 1.82) is 0 Å². The highest BCUT2D eigenvalue weighted by atomic mass is 15.0. The van der Waals surface area contributed by atoms with Crippen molar-refractivity contribution in [2.75, 3.05) is 0 Å². The molecule has 0 bridgehead atoms. The number of hydrogen-bond acceptors (Lipinski definition) is 1. The molecule has 2 rings (SSSR count). The molecular weight excluding hydrogens is 230 g/mol. The Labute approximate surface area is 118 Å². The molecule has 0 aliphatic heterocycles. The molecule has 1 fully saturated rings. The van der Waals surface area contributed by atoms with Crippen molar-refractivity contribution in [1.82, 2.24) is 5.32 Å². The molecule has 0 spiro atoms. The van der Waals surface area contributed by atoms with Gasteiger partial charge in [0, 0.05) is 12.1 Å². The van der Waals surface area contributed by atoms with Crippen molar-refractivity contribution in [3.05, 3.63) is 35.4 Å². The maximum atomic E-state index is 3.91. The maximum Gasteiger partial charge on any atom is 0.0297 e. The summed E-state index contributed by atoms with van der Waals surface area (Å²) in [5.74, 6) is 1.64. The van der Waals surface area contributed by atoms with Crippen molar-refractivity contribution < 1.29 is 0 Å². The van der Waals surface area contributed by atoms with E-state index in [0.29, 0.717) is 12.1 Å². The van der Waals surface area contributed by atoms with Crippen LogP contribution in [0.25, 0.3) is 0 Å². The number of aryl methyl sites for hydroxylation is 1. The van der Waals surface area contributed by atoms with Crippen LogP contribution in [-0.4, -0.2) is 6.04 Å². The van der Waals surface area contributed by atoms with Crippen LogP contribution in [0.15, 0.2) is 24.3 Å². The van der Waals surface area contributed by atoms with Gasteiger partial charge in [-0.1, -0.05) is 51.0 Å². The highest BCUT2D eigenvalue weighted by Gasteiger charge is 2.28. The second-order valence-electron chi connectivity index (χ2n) is 6.54. The van der Waals surface area contributed by atoms with E-state index in [1.165, 1.54) is 36.8 Å². The molecule has 106 valence electrons. The molecule has 0 amide bonds. The summed E-state index contributed by atoms with van der Waals surface area (Å²) in [6, 6.07) is 9.92. The van der Waals surface area contributed by atoms with Gasteiger partial charge in [-0.3, -0.25) is 0 Å². The molecule has 3 atom stereocenters. The second-order valence-corrected chi connectivity index (χ2v) is 6.54. The SMILES string of the molecule is Cc1ccccc1C(C)NC1CCCCC1C(C)C. The summed E-state index contributed by atoms with van der Waals surface area (Å²) in [5.41, 5.74) is 2.86. The van der Waals surface area contributed by atoms with Gasteiger partial charge in [-0.25, -0.2) is 0 Å². The molecule has 0 radical (unpaired) electrons. The average molecular weight is 259 g/mol. The first-order valence-corrected chi connectivity index (χ1v) is 7.91. The second kappa shape index (κ2) is 6.56. The van der Waals surface area contributed by atoms with E-state index in [1.54, 1.807) is 0 Å². The lowest BCUT2D eigenvalue weighted by atomic mass is 9.77. The average Bonchev–Trinajstić information content (AvgIpc) is 2.39. The molecule has 0 heterocycles. The van der Waals surface area contributed by atoms with E-state index in [2.05, 4.69) is 57.3 Å². The summed E-state index contributed by atoms with van der Waals surface area (Å²) >= 11 is 0. The minimum atomic E-state index is 0.463. The smallest absolute Gasteiger partial charge is 0.0297 e. The highest BCUT2D eigenvalue weighted by molar-refractivity contribution is 5.28. The number of benzene rings is 1. The molecule has 1 aromatic rings. The van der Waals surface area contributed by atoms with E-state index >= 15 is 0 Å². The molecule has 3 unspecified atom stereocenters. The standard InChI is InChI=1S/C18H29N/c1-13(2)16-10-7-8-12-18(16)19-15(4)17-11-6-5-9-14(17)3/h5-6,9,11,13,15-16,18-19H,7-8,10,12H2,1-4H3. The summed E-state index contributed by atoms with van der Waals surface area (Å²) in [7, 11) is 0. The zero-order chi connectivity index (χ0) is 13.8. The summed E-state index contributed by atoms with van der Waals surface area (Å²) in [6.07, 6.45) is 5.55. The molecule has 1 aliphatic carbocycles. The fourth-order valence-electron chi connectivity index (χ4n) is 3.65. The van der Waals surface area contributed by atoms with Crippen LogP contribution >= 0.6 is 0 Å². The van der Waals surface area contributed by atoms with Crippen LogP contribution in [-0.2, 0) is 0 Å². The van der Waals surface area contributed by atoms with Crippen LogP contribution in [0.3, 0.4) is 0 Å². The van der Waals surface area contributed by atoms with Gasteiger partial charge in [0.25, 0.3) is 0 Å². The lowest BCUT2D eigenvalue weighted by Gasteiger charge is -2.37. The molecule has 1 aliphatic rings. The number of nitrogens with one attached hydrogen (secondary N) is 1. The zero-order valence-electron chi connectivity index (χ0n) is 12.9. The molecule has 0 aromatic heterocycles. The fourth-order valence-corrected chi connectivity index (χ4v) is 3.65. The van der Waals surface area contributed by atoms with Gasteiger partial charge in [0.15, 0.2) is 0 Å². The van der Waals surface area contributed by atoms with E-state index < -0.39 is 0 Å².